The first kappa shape index (κ1) is 25.5. The average Bonchev–Trinajstić information content (AvgIpc) is 2.60. The van der Waals surface area contributed by atoms with E-state index in [0.29, 0.717) is 5.56 Å². The van der Waals surface area contributed by atoms with Crippen LogP contribution in [0.25, 0.3) is 0 Å². The fraction of sp³-hybridized carbons (Fsp3) is 0.600. The number of aromatic amines is 1. The van der Waals surface area contributed by atoms with Crippen LogP contribution in [0.1, 0.15) is 47.1 Å². The van der Waals surface area contributed by atoms with Crippen LogP contribution in [0, 0.1) is 17.8 Å². The molecule has 1 rings (SSSR count). The summed E-state index contributed by atoms with van der Waals surface area (Å²) in [4.78, 5) is 49.7. The van der Waals surface area contributed by atoms with Gasteiger partial charge in [0.15, 0.2) is 6.16 Å². The van der Waals surface area contributed by atoms with Crippen molar-refractivity contribution in [3.05, 3.63) is 44.8 Å². The Hall–Kier alpha value is -2.54. The first-order chi connectivity index (χ1) is 13.6. The van der Waals surface area contributed by atoms with Crippen molar-refractivity contribution in [2.75, 3.05) is 6.16 Å². The number of aromatic nitrogens is 2. The summed E-state index contributed by atoms with van der Waals surface area (Å²) in [6, 6.07) is -1.51. The lowest BCUT2D eigenvalue weighted by Crippen LogP contribution is -2.33. The predicted molar refractivity (Wildman–Crippen MR) is 113 cm³/mol. The zero-order chi connectivity index (χ0) is 23.3. The average molecular weight is 441 g/mol. The van der Waals surface area contributed by atoms with E-state index in [4.69, 9.17) is 9.47 Å². The Bertz CT molecular complexity index is 918. The second kappa shape index (κ2) is 9.98. The van der Waals surface area contributed by atoms with E-state index in [9.17, 15) is 23.7 Å². The van der Waals surface area contributed by atoms with Crippen LogP contribution in [-0.2, 0) is 30.2 Å². The number of nitrogens with one attached hydrogen (secondary N) is 1. The maximum atomic E-state index is 12.7. The maximum absolute atomic E-state index is 12.7. The van der Waals surface area contributed by atoms with Crippen LogP contribution in [0.4, 0.5) is 0 Å². The number of ether oxygens (including phenoxy) is 2. The molecule has 0 fully saturated rings. The molecule has 1 unspecified atom stereocenters. The largest absolute Gasteiger partial charge is 0.451 e. The number of aryl methyl sites for hydroxylation is 1. The highest BCUT2D eigenvalue weighted by atomic mass is 31.1. The smallest absolute Gasteiger partial charge is 0.384 e. The van der Waals surface area contributed by atoms with Crippen molar-refractivity contribution in [3.8, 4) is 0 Å². The predicted octanol–water partition coefficient (Wildman–Crippen LogP) is 2.69. The van der Waals surface area contributed by atoms with Crippen molar-refractivity contribution in [1.29, 1.82) is 0 Å². The lowest BCUT2D eigenvalue weighted by molar-refractivity contribution is -0.184. The van der Waals surface area contributed by atoms with Crippen molar-refractivity contribution in [2.45, 2.75) is 61.0 Å². The first-order valence-corrected chi connectivity index (χ1v) is 11.0. The summed E-state index contributed by atoms with van der Waals surface area (Å²) < 4.78 is 24.4. The van der Waals surface area contributed by atoms with E-state index < -0.39 is 47.8 Å². The molecule has 10 heteroatoms. The third-order valence-electron chi connectivity index (χ3n) is 3.82. The zero-order valence-corrected chi connectivity index (χ0v) is 19.4. The Morgan fingerprint density at radius 2 is 1.57 bits per heavy atom. The van der Waals surface area contributed by atoms with Crippen LogP contribution in [-0.4, -0.2) is 33.7 Å². The van der Waals surface area contributed by atoms with Gasteiger partial charge in [0.05, 0.1) is 10.8 Å². The third kappa shape index (κ3) is 7.71. The van der Waals surface area contributed by atoms with Gasteiger partial charge in [-0.1, -0.05) is 10.6 Å². The summed E-state index contributed by atoms with van der Waals surface area (Å²) in [7, 11) is -2.27. The molecule has 0 saturated carbocycles. The van der Waals surface area contributed by atoms with Crippen molar-refractivity contribution in [1.82, 2.24) is 9.55 Å². The number of H-pyrrole nitrogens is 1. The van der Waals surface area contributed by atoms with Gasteiger partial charge < -0.3 is 9.47 Å². The Morgan fingerprint density at radius 3 is 2.03 bits per heavy atom. The van der Waals surface area contributed by atoms with Crippen molar-refractivity contribution >= 4 is 19.7 Å². The van der Waals surface area contributed by atoms with E-state index in [0.717, 1.165) is 0 Å². The summed E-state index contributed by atoms with van der Waals surface area (Å²) in [5.74, 6) is -1.28. The summed E-state index contributed by atoms with van der Waals surface area (Å²) in [6.07, 6.45) is 4.51. The van der Waals surface area contributed by atoms with Crippen LogP contribution in [0.5, 0.6) is 0 Å². The molecule has 0 aliphatic rings. The van der Waals surface area contributed by atoms with Gasteiger partial charge in [-0.3, -0.25) is 23.9 Å². The summed E-state index contributed by atoms with van der Waals surface area (Å²) in [6.45, 7) is 11.5. The minimum Gasteiger partial charge on any atom is -0.384 e. The molecule has 166 valence electrons. The van der Waals surface area contributed by atoms with Gasteiger partial charge in [0.25, 0.3) is 5.56 Å². The fourth-order valence-electron chi connectivity index (χ4n) is 1.89. The van der Waals surface area contributed by atoms with E-state index in [1.807, 2.05) is 0 Å². The quantitative estimate of drug-likeness (QED) is 0.298. The van der Waals surface area contributed by atoms with Crippen LogP contribution >= 0.6 is 7.80 Å². The number of carbonyl (C=O) groups is 2. The molecular formula is C20H30N2O7P+. The molecule has 0 amide bonds. The highest BCUT2D eigenvalue weighted by molar-refractivity contribution is 7.45. The maximum Gasteiger partial charge on any atom is 0.451 e. The van der Waals surface area contributed by atoms with Gasteiger partial charge in [-0.15, -0.1) is 0 Å². The molecule has 0 bridgehead atoms. The fourth-order valence-corrected chi connectivity index (χ4v) is 2.84. The van der Waals surface area contributed by atoms with E-state index in [-0.39, 0.29) is 12.7 Å². The molecule has 0 saturated heterocycles. The van der Waals surface area contributed by atoms with Crippen LogP contribution < -0.4 is 11.2 Å². The number of carbonyl (C=O) groups excluding carboxylic acids is 2. The second-order valence-electron chi connectivity index (χ2n) is 8.91. The molecule has 1 heterocycles. The number of allylic oxidation sites excluding steroid dienone is 2. The van der Waals surface area contributed by atoms with Crippen molar-refractivity contribution < 1.29 is 23.6 Å². The first-order valence-electron chi connectivity index (χ1n) is 9.44. The molecule has 9 nitrogen and oxygen atoms in total. The molecule has 0 aliphatic carbocycles. The minimum atomic E-state index is -2.27. The van der Waals surface area contributed by atoms with Crippen LogP contribution in [0.3, 0.4) is 0 Å². The van der Waals surface area contributed by atoms with Gasteiger partial charge in [-0.05, 0) is 54.5 Å². The molecule has 0 aliphatic heterocycles. The Morgan fingerprint density at radius 1 is 1.07 bits per heavy atom. The lowest BCUT2D eigenvalue weighted by Gasteiger charge is -2.21. The topological polar surface area (TPSA) is 125 Å². The Kier molecular flexibility index (Phi) is 8.48. The van der Waals surface area contributed by atoms with E-state index in [1.54, 1.807) is 54.5 Å². The van der Waals surface area contributed by atoms with Gasteiger partial charge in [-0.25, -0.2) is 4.79 Å². The summed E-state index contributed by atoms with van der Waals surface area (Å²) >= 11 is 0. The van der Waals surface area contributed by atoms with E-state index in [2.05, 4.69) is 4.98 Å². The normalized spacial score (nSPS) is 12.9. The number of rotatable bonds is 7. The van der Waals surface area contributed by atoms with Gasteiger partial charge >= 0.3 is 31.5 Å². The number of hydrogen-bond acceptors (Lipinski definition) is 7. The summed E-state index contributed by atoms with van der Waals surface area (Å²) in [5.41, 5.74) is -2.34. The third-order valence-corrected chi connectivity index (χ3v) is 5.07. The minimum absolute atomic E-state index is 0.0358. The van der Waals surface area contributed by atoms with E-state index in [1.165, 1.54) is 16.8 Å². The van der Waals surface area contributed by atoms with Crippen molar-refractivity contribution in [2.24, 2.45) is 10.8 Å². The molecule has 30 heavy (non-hydrogen) atoms. The van der Waals surface area contributed by atoms with Crippen molar-refractivity contribution in [3.63, 3.8) is 0 Å². The standard InChI is InChI=1S/C20H29N2O7P/c1-13-12-22(17(26)21-14(13)23)10-8-9-11-30(27)18(28-15(24)19(2,3)4)29-16(25)20(5,6)7/h8-9,12,18H,10-11H2,1-7H3/p+1/b9-8+. The van der Waals surface area contributed by atoms with Gasteiger partial charge in [-0.2, -0.15) is 0 Å². The van der Waals surface area contributed by atoms with Gasteiger partial charge in [0.2, 0.25) is 0 Å². The SMILES string of the molecule is Cc1cn(C/C=C/C[P+](=O)C(OC(=O)C(C)(C)C)OC(=O)C(C)(C)C)c(=O)[nH]c1=O. The van der Waals surface area contributed by atoms with Crippen LogP contribution in [0.15, 0.2) is 27.9 Å². The lowest BCUT2D eigenvalue weighted by atomic mass is 9.97. The number of esters is 2. The highest BCUT2D eigenvalue weighted by Gasteiger charge is 2.41. The van der Waals surface area contributed by atoms with Gasteiger partial charge in [0, 0.05) is 18.3 Å². The van der Waals surface area contributed by atoms with E-state index >= 15 is 0 Å². The second-order valence-corrected chi connectivity index (χ2v) is 10.5. The monoisotopic (exact) mass is 441 g/mol. The highest BCUT2D eigenvalue weighted by Crippen LogP contribution is 2.34. The molecule has 1 atom stereocenters. The molecule has 1 aromatic heterocycles. The number of nitrogens with zero attached hydrogens (tertiary/aromatic N) is 1. The summed E-state index contributed by atoms with van der Waals surface area (Å²) in [5, 5.41) is 0. The zero-order valence-electron chi connectivity index (χ0n) is 18.5. The molecule has 0 radical (unpaired) electrons. The van der Waals surface area contributed by atoms with Gasteiger partial charge in [0.1, 0.15) is 0 Å². The van der Waals surface area contributed by atoms with Crippen LogP contribution in [0.2, 0.25) is 0 Å². The number of hydrogen-bond donors (Lipinski definition) is 1. The molecule has 0 aromatic carbocycles. The molecule has 1 N–H and O–H groups in total. The molecule has 1 aromatic rings. The molecular weight excluding hydrogens is 411 g/mol. The Labute approximate surface area is 176 Å². The molecule has 0 spiro atoms. The Balaban J connectivity index is 2.88.